The van der Waals surface area contributed by atoms with E-state index in [1.54, 1.807) is 0 Å². The Morgan fingerprint density at radius 1 is 1.50 bits per heavy atom. The SMILES string of the molecule is [O]CCCN1CC(O)CC1CO. The number of likely N-dealkylation sites (tertiary alicyclic amines) is 1. The minimum Gasteiger partial charge on any atom is -0.395 e. The fraction of sp³-hybridized carbons (Fsp3) is 1.00. The molecule has 1 saturated heterocycles. The van der Waals surface area contributed by atoms with Crippen LogP contribution in [0.2, 0.25) is 0 Å². The van der Waals surface area contributed by atoms with Crippen LogP contribution in [0.25, 0.3) is 0 Å². The second kappa shape index (κ2) is 4.77. The van der Waals surface area contributed by atoms with Crippen molar-refractivity contribution in [3.63, 3.8) is 0 Å². The molecule has 0 aromatic rings. The molecule has 1 aliphatic rings. The van der Waals surface area contributed by atoms with Gasteiger partial charge in [-0.25, -0.2) is 5.11 Å². The summed E-state index contributed by atoms with van der Waals surface area (Å²) < 4.78 is 0. The van der Waals surface area contributed by atoms with Crippen molar-refractivity contribution in [3.8, 4) is 0 Å². The molecule has 0 bridgehead atoms. The normalized spacial score (nSPS) is 31.2. The summed E-state index contributed by atoms with van der Waals surface area (Å²) >= 11 is 0. The molecule has 1 radical (unpaired) electrons. The number of aliphatic hydroxyl groups excluding tert-OH is 2. The maximum Gasteiger partial charge on any atom is 0.0834 e. The Hall–Kier alpha value is -0.160. The molecular formula is C8H16NO3. The Morgan fingerprint density at radius 3 is 2.83 bits per heavy atom. The van der Waals surface area contributed by atoms with Crippen molar-refractivity contribution in [2.24, 2.45) is 0 Å². The van der Waals surface area contributed by atoms with Gasteiger partial charge in [0.1, 0.15) is 0 Å². The molecule has 0 spiro atoms. The van der Waals surface area contributed by atoms with Crippen molar-refractivity contribution >= 4 is 0 Å². The number of hydrogen-bond donors (Lipinski definition) is 2. The first kappa shape index (κ1) is 9.92. The second-order valence-electron chi connectivity index (χ2n) is 3.28. The van der Waals surface area contributed by atoms with Gasteiger partial charge in [-0.3, -0.25) is 4.90 Å². The first-order valence-electron chi connectivity index (χ1n) is 4.39. The molecular weight excluding hydrogens is 158 g/mol. The molecule has 1 aliphatic heterocycles. The summed E-state index contributed by atoms with van der Waals surface area (Å²) in [5, 5.41) is 28.4. The lowest BCUT2D eigenvalue weighted by Gasteiger charge is -2.21. The molecule has 1 heterocycles. The van der Waals surface area contributed by atoms with Crippen LogP contribution in [0.3, 0.4) is 0 Å². The summed E-state index contributed by atoms with van der Waals surface area (Å²) in [4.78, 5) is 1.99. The highest BCUT2D eigenvalue weighted by molar-refractivity contribution is 4.84. The van der Waals surface area contributed by atoms with Crippen molar-refractivity contribution in [3.05, 3.63) is 0 Å². The van der Waals surface area contributed by atoms with E-state index in [2.05, 4.69) is 0 Å². The third kappa shape index (κ3) is 2.42. The molecule has 0 aliphatic carbocycles. The van der Waals surface area contributed by atoms with Crippen LogP contribution in [0.5, 0.6) is 0 Å². The number of aliphatic hydroxyl groups is 2. The van der Waals surface area contributed by atoms with Gasteiger partial charge >= 0.3 is 0 Å². The van der Waals surface area contributed by atoms with Crippen LogP contribution in [-0.2, 0) is 5.11 Å². The standard InChI is InChI=1S/C8H16NO3/c10-3-1-2-9-5-8(12)4-7(9)6-11/h7-8,11-12H,1-6H2. The van der Waals surface area contributed by atoms with Gasteiger partial charge in [-0.2, -0.15) is 0 Å². The van der Waals surface area contributed by atoms with Crippen molar-refractivity contribution in [1.82, 2.24) is 4.90 Å². The second-order valence-corrected chi connectivity index (χ2v) is 3.28. The number of β-amino-alcohol motifs (C(OH)–C–C–N with tert-alkyl or cyclic N) is 1. The molecule has 0 aromatic heterocycles. The zero-order valence-electron chi connectivity index (χ0n) is 7.15. The molecule has 71 valence electrons. The Kier molecular flexibility index (Phi) is 3.94. The minimum atomic E-state index is -0.325. The van der Waals surface area contributed by atoms with E-state index >= 15 is 0 Å². The molecule has 2 unspecified atom stereocenters. The zero-order valence-corrected chi connectivity index (χ0v) is 7.15. The van der Waals surface area contributed by atoms with E-state index in [4.69, 9.17) is 5.11 Å². The monoisotopic (exact) mass is 174 g/mol. The van der Waals surface area contributed by atoms with Gasteiger partial charge < -0.3 is 10.2 Å². The van der Waals surface area contributed by atoms with Gasteiger partial charge in [0, 0.05) is 19.1 Å². The lowest BCUT2D eigenvalue weighted by molar-refractivity contribution is 0.129. The fourth-order valence-electron chi connectivity index (χ4n) is 1.69. The fourth-order valence-corrected chi connectivity index (χ4v) is 1.69. The summed E-state index contributed by atoms with van der Waals surface area (Å²) in [6, 6.07) is 0.0616. The van der Waals surface area contributed by atoms with Gasteiger partial charge in [0.05, 0.1) is 19.3 Å². The Morgan fingerprint density at radius 2 is 2.25 bits per heavy atom. The van der Waals surface area contributed by atoms with E-state index in [1.807, 2.05) is 4.90 Å². The first-order chi connectivity index (χ1) is 5.77. The highest BCUT2D eigenvalue weighted by Crippen LogP contribution is 2.17. The first-order valence-corrected chi connectivity index (χ1v) is 4.39. The lowest BCUT2D eigenvalue weighted by atomic mass is 10.2. The maximum absolute atomic E-state index is 10.2. The molecule has 12 heavy (non-hydrogen) atoms. The van der Waals surface area contributed by atoms with E-state index in [1.165, 1.54) is 0 Å². The van der Waals surface area contributed by atoms with Crippen LogP contribution in [0, 0.1) is 0 Å². The molecule has 2 N–H and O–H groups in total. The van der Waals surface area contributed by atoms with Gasteiger partial charge in [0.25, 0.3) is 0 Å². The zero-order chi connectivity index (χ0) is 8.97. The van der Waals surface area contributed by atoms with E-state index in [0.717, 1.165) is 0 Å². The van der Waals surface area contributed by atoms with E-state index in [9.17, 15) is 10.2 Å². The molecule has 1 fully saturated rings. The van der Waals surface area contributed by atoms with Gasteiger partial charge in [-0.1, -0.05) is 0 Å². The maximum atomic E-state index is 10.2. The summed E-state index contributed by atoms with van der Waals surface area (Å²) in [6.45, 7) is 1.30. The number of hydrogen-bond acceptors (Lipinski definition) is 3. The molecule has 0 saturated carbocycles. The number of rotatable bonds is 4. The minimum absolute atomic E-state index is 0.0616. The van der Waals surface area contributed by atoms with E-state index < -0.39 is 0 Å². The topological polar surface area (TPSA) is 63.6 Å². The van der Waals surface area contributed by atoms with Gasteiger partial charge in [-0.05, 0) is 12.8 Å². The van der Waals surface area contributed by atoms with Crippen LogP contribution >= 0.6 is 0 Å². The predicted molar refractivity (Wildman–Crippen MR) is 43.2 cm³/mol. The van der Waals surface area contributed by atoms with Crippen molar-refractivity contribution < 1.29 is 15.3 Å². The van der Waals surface area contributed by atoms with Crippen LogP contribution in [0.4, 0.5) is 0 Å². The molecule has 4 heteroatoms. The van der Waals surface area contributed by atoms with Crippen LogP contribution in [0.15, 0.2) is 0 Å². The van der Waals surface area contributed by atoms with Crippen LogP contribution in [-0.4, -0.2) is 53.6 Å². The molecule has 0 aromatic carbocycles. The third-order valence-corrected chi connectivity index (χ3v) is 2.31. The molecule has 4 nitrogen and oxygen atoms in total. The number of nitrogens with zero attached hydrogens (tertiary/aromatic N) is 1. The van der Waals surface area contributed by atoms with Gasteiger partial charge in [-0.15, -0.1) is 0 Å². The van der Waals surface area contributed by atoms with E-state index in [0.29, 0.717) is 25.9 Å². The Labute approximate surface area is 72.4 Å². The Balaban J connectivity index is 2.30. The molecule has 2 atom stereocenters. The molecule has 0 amide bonds. The average Bonchev–Trinajstić information content (AvgIpc) is 2.42. The summed E-state index contributed by atoms with van der Waals surface area (Å²) in [5.74, 6) is 0. The average molecular weight is 174 g/mol. The smallest absolute Gasteiger partial charge is 0.0834 e. The van der Waals surface area contributed by atoms with Gasteiger partial charge in [0.15, 0.2) is 0 Å². The summed E-state index contributed by atoms with van der Waals surface area (Å²) in [5.41, 5.74) is 0. The Bertz CT molecular complexity index is 131. The molecule has 1 rings (SSSR count). The van der Waals surface area contributed by atoms with Gasteiger partial charge in [0.2, 0.25) is 0 Å². The van der Waals surface area contributed by atoms with E-state index in [-0.39, 0.29) is 25.4 Å². The third-order valence-electron chi connectivity index (χ3n) is 2.31. The van der Waals surface area contributed by atoms with Crippen molar-refractivity contribution in [2.45, 2.75) is 25.0 Å². The highest BCUT2D eigenvalue weighted by atomic mass is 16.3. The summed E-state index contributed by atoms with van der Waals surface area (Å²) in [6.07, 6.45) is 0.910. The predicted octanol–water partition coefficient (Wildman–Crippen LogP) is -0.766. The quantitative estimate of drug-likeness (QED) is 0.588. The largest absolute Gasteiger partial charge is 0.395 e. The highest BCUT2D eigenvalue weighted by Gasteiger charge is 2.29. The lowest BCUT2D eigenvalue weighted by Crippen LogP contribution is -2.33. The van der Waals surface area contributed by atoms with Crippen LogP contribution in [0.1, 0.15) is 12.8 Å². The van der Waals surface area contributed by atoms with Crippen molar-refractivity contribution in [1.29, 1.82) is 0 Å². The summed E-state index contributed by atoms with van der Waals surface area (Å²) in [7, 11) is 0. The van der Waals surface area contributed by atoms with Crippen LogP contribution < -0.4 is 0 Å². The van der Waals surface area contributed by atoms with Crippen molar-refractivity contribution in [2.75, 3.05) is 26.3 Å².